The lowest BCUT2D eigenvalue weighted by molar-refractivity contribution is 0.354. The van der Waals surface area contributed by atoms with Gasteiger partial charge in [-0.1, -0.05) is 12.1 Å². The van der Waals surface area contributed by atoms with Crippen molar-refractivity contribution in [3.63, 3.8) is 0 Å². The highest BCUT2D eigenvalue weighted by Crippen LogP contribution is 2.31. The summed E-state index contributed by atoms with van der Waals surface area (Å²) in [5.74, 6) is 1.50. The number of hydrogen-bond acceptors (Lipinski definition) is 3. The Labute approximate surface area is 126 Å². The van der Waals surface area contributed by atoms with Crippen LogP contribution in [-0.2, 0) is 0 Å². The Hall–Kier alpha value is -2.16. The Morgan fingerprint density at radius 1 is 0.857 bits per heavy atom. The van der Waals surface area contributed by atoms with Gasteiger partial charge in [-0.05, 0) is 61.7 Å². The molecular weight excluding hydrogens is 262 g/mol. The molecule has 0 aliphatic carbocycles. The molecule has 0 aliphatic rings. The van der Waals surface area contributed by atoms with E-state index in [9.17, 15) is 0 Å². The zero-order valence-corrected chi connectivity index (χ0v) is 13.4. The second-order valence-electron chi connectivity index (χ2n) is 5.28. The van der Waals surface area contributed by atoms with Gasteiger partial charge >= 0.3 is 0 Å². The first-order valence-electron chi connectivity index (χ1n) is 7.11. The molecule has 0 saturated heterocycles. The lowest BCUT2D eigenvalue weighted by Gasteiger charge is -2.18. The molecule has 0 saturated carbocycles. The maximum Gasteiger partial charge on any atom is 0.161 e. The molecule has 112 valence electrons. The maximum atomic E-state index is 5.36. The van der Waals surface area contributed by atoms with Gasteiger partial charge in [-0.25, -0.2) is 0 Å². The van der Waals surface area contributed by atoms with Gasteiger partial charge in [-0.3, -0.25) is 0 Å². The lowest BCUT2D eigenvalue weighted by atomic mass is 10.1. The van der Waals surface area contributed by atoms with Crippen LogP contribution in [0.3, 0.4) is 0 Å². The van der Waals surface area contributed by atoms with Crippen LogP contribution >= 0.6 is 0 Å². The summed E-state index contributed by atoms with van der Waals surface area (Å²) in [7, 11) is 3.30. The first-order chi connectivity index (χ1) is 10.0. The monoisotopic (exact) mass is 285 g/mol. The minimum Gasteiger partial charge on any atom is -0.493 e. The van der Waals surface area contributed by atoms with E-state index in [1.54, 1.807) is 14.2 Å². The van der Waals surface area contributed by atoms with E-state index in [1.807, 2.05) is 12.1 Å². The van der Waals surface area contributed by atoms with E-state index in [1.165, 1.54) is 11.1 Å². The van der Waals surface area contributed by atoms with Crippen LogP contribution in [0.4, 0.5) is 5.69 Å². The standard InChI is InChI=1S/C18H23NO2/c1-12-6-8-16(10-13(12)2)19-14(3)15-7-9-17(20-4)18(11-15)21-5/h6-11,14,19H,1-5H3. The maximum absolute atomic E-state index is 5.36. The predicted molar refractivity (Wildman–Crippen MR) is 87.5 cm³/mol. The number of hydrogen-bond donors (Lipinski definition) is 1. The molecule has 0 aromatic heterocycles. The van der Waals surface area contributed by atoms with Crippen molar-refractivity contribution in [2.24, 2.45) is 0 Å². The Kier molecular flexibility index (Phi) is 4.73. The van der Waals surface area contributed by atoms with Crippen LogP contribution in [-0.4, -0.2) is 14.2 Å². The molecule has 0 aliphatic heterocycles. The Bertz CT molecular complexity index is 623. The van der Waals surface area contributed by atoms with E-state index in [0.29, 0.717) is 0 Å². The van der Waals surface area contributed by atoms with Crippen LogP contribution in [0.25, 0.3) is 0 Å². The van der Waals surface area contributed by atoms with Crippen LogP contribution in [0, 0.1) is 13.8 Å². The predicted octanol–water partition coefficient (Wildman–Crippen LogP) is 4.49. The Morgan fingerprint density at radius 3 is 2.19 bits per heavy atom. The third-order valence-electron chi connectivity index (χ3n) is 3.80. The van der Waals surface area contributed by atoms with Crippen molar-refractivity contribution in [2.45, 2.75) is 26.8 Å². The topological polar surface area (TPSA) is 30.5 Å². The van der Waals surface area contributed by atoms with Crippen molar-refractivity contribution < 1.29 is 9.47 Å². The molecule has 0 amide bonds. The SMILES string of the molecule is COc1ccc(C(C)Nc2ccc(C)c(C)c2)cc1OC. The van der Waals surface area contributed by atoms with Crippen LogP contribution in [0.2, 0.25) is 0 Å². The van der Waals surface area contributed by atoms with Gasteiger partial charge in [0.15, 0.2) is 11.5 Å². The van der Waals surface area contributed by atoms with Crippen LogP contribution in [0.5, 0.6) is 11.5 Å². The normalized spacial score (nSPS) is 11.9. The van der Waals surface area contributed by atoms with Crippen LogP contribution in [0.15, 0.2) is 36.4 Å². The summed E-state index contributed by atoms with van der Waals surface area (Å²) in [5.41, 5.74) is 4.88. The number of nitrogens with one attached hydrogen (secondary N) is 1. The number of methoxy groups -OCH3 is 2. The van der Waals surface area contributed by atoms with E-state index >= 15 is 0 Å². The third-order valence-corrected chi connectivity index (χ3v) is 3.80. The van der Waals surface area contributed by atoms with Gasteiger partial charge in [-0.2, -0.15) is 0 Å². The highest BCUT2D eigenvalue weighted by atomic mass is 16.5. The number of ether oxygens (including phenoxy) is 2. The fraction of sp³-hybridized carbons (Fsp3) is 0.333. The fourth-order valence-corrected chi connectivity index (χ4v) is 2.29. The minimum atomic E-state index is 0.187. The van der Waals surface area contributed by atoms with Crippen molar-refractivity contribution in [3.05, 3.63) is 53.1 Å². The fourth-order valence-electron chi connectivity index (χ4n) is 2.29. The third kappa shape index (κ3) is 3.48. The second kappa shape index (κ2) is 6.53. The molecule has 2 aromatic rings. The summed E-state index contributed by atoms with van der Waals surface area (Å²) >= 11 is 0. The average Bonchev–Trinajstić information content (AvgIpc) is 2.50. The van der Waals surface area contributed by atoms with Crippen molar-refractivity contribution in [2.75, 3.05) is 19.5 Å². The molecule has 0 spiro atoms. The summed E-state index contributed by atoms with van der Waals surface area (Å²) < 4.78 is 10.6. The van der Waals surface area contributed by atoms with Crippen molar-refractivity contribution in [1.29, 1.82) is 0 Å². The zero-order valence-electron chi connectivity index (χ0n) is 13.4. The second-order valence-corrected chi connectivity index (χ2v) is 5.28. The Balaban J connectivity index is 2.19. The molecular formula is C18H23NO2. The molecule has 0 fully saturated rings. The van der Waals surface area contributed by atoms with Crippen molar-refractivity contribution >= 4 is 5.69 Å². The van der Waals surface area contributed by atoms with Gasteiger partial charge in [0.25, 0.3) is 0 Å². The number of benzene rings is 2. The number of anilines is 1. The average molecular weight is 285 g/mol. The van der Waals surface area contributed by atoms with E-state index in [0.717, 1.165) is 22.7 Å². The van der Waals surface area contributed by atoms with Gasteiger partial charge in [0.1, 0.15) is 0 Å². The van der Waals surface area contributed by atoms with E-state index in [-0.39, 0.29) is 6.04 Å². The molecule has 1 N–H and O–H groups in total. The van der Waals surface area contributed by atoms with Gasteiger partial charge in [0, 0.05) is 11.7 Å². The molecule has 0 heterocycles. The molecule has 21 heavy (non-hydrogen) atoms. The number of aryl methyl sites for hydroxylation is 2. The van der Waals surface area contributed by atoms with Gasteiger partial charge in [-0.15, -0.1) is 0 Å². The summed E-state index contributed by atoms with van der Waals surface area (Å²) in [6.45, 7) is 6.38. The summed E-state index contributed by atoms with van der Waals surface area (Å²) in [4.78, 5) is 0. The molecule has 3 nitrogen and oxygen atoms in total. The first kappa shape index (κ1) is 15.2. The molecule has 2 rings (SSSR count). The molecule has 1 atom stereocenters. The molecule has 3 heteroatoms. The summed E-state index contributed by atoms with van der Waals surface area (Å²) in [5, 5.41) is 3.52. The van der Waals surface area contributed by atoms with Gasteiger partial charge in [0.05, 0.1) is 14.2 Å². The van der Waals surface area contributed by atoms with Gasteiger partial charge < -0.3 is 14.8 Å². The quantitative estimate of drug-likeness (QED) is 0.877. The van der Waals surface area contributed by atoms with E-state index in [2.05, 4.69) is 50.4 Å². The largest absolute Gasteiger partial charge is 0.493 e. The number of rotatable bonds is 5. The smallest absolute Gasteiger partial charge is 0.161 e. The van der Waals surface area contributed by atoms with E-state index < -0.39 is 0 Å². The van der Waals surface area contributed by atoms with Crippen LogP contribution in [0.1, 0.15) is 29.7 Å². The highest BCUT2D eigenvalue weighted by Gasteiger charge is 2.10. The van der Waals surface area contributed by atoms with Crippen LogP contribution < -0.4 is 14.8 Å². The van der Waals surface area contributed by atoms with Crippen molar-refractivity contribution in [3.8, 4) is 11.5 Å². The molecule has 1 unspecified atom stereocenters. The van der Waals surface area contributed by atoms with Gasteiger partial charge in [0.2, 0.25) is 0 Å². The summed E-state index contributed by atoms with van der Waals surface area (Å²) in [6, 6.07) is 12.6. The zero-order chi connectivity index (χ0) is 15.4. The van der Waals surface area contributed by atoms with Crippen molar-refractivity contribution in [1.82, 2.24) is 0 Å². The first-order valence-corrected chi connectivity index (χ1v) is 7.11. The lowest BCUT2D eigenvalue weighted by Crippen LogP contribution is -2.07. The minimum absolute atomic E-state index is 0.187. The molecule has 0 radical (unpaired) electrons. The molecule has 2 aromatic carbocycles. The summed E-state index contributed by atoms with van der Waals surface area (Å²) in [6.07, 6.45) is 0. The highest BCUT2D eigenvalue weighted by molar-refractivity contribution is 5.51. The Morgan fingerprint density at radius 2 is 1.57 bits per heavy atom. The van der Waals surface area contributed by atoms with E-state index in [4.69, 9.17) is 9.47 Å². The molecule has 0 bridgehead atoms.